The summed E-state index contributed by atoms with van der Waals surface area (Å²) in [5, 5.41) is 0. The van der Waals surface area contributed by atoms with E-state index in [9.17, 15) is 16.8 Å². The van der Waals surface area contributed by atoms with Crippen LogP contribution < -0.4 is 5.73 Å². The molecule has 0 heterocycles. The van der Waals surface area contributed by atoms with E-state index >= 15 is 0 Å². The van der Waals surface area contributed by atoms with Crippen LogP contribution in [0.15, 0.2) is 24.3 Å². The second-order valence-corrected chi connectivity index (χ2v) is 8.96. The second kappa shape index (κ2) is 6.55. The van der Waals surface area contributed by atoms with Crippen LogP contribution in [0.25, 0.3) is 0 Å². The zero-order valence-electron chi connectivity index (χ0n) is 11.6. The lowest BCUT2D eigenvalue weighted by molar-refractivity contribution is 0.424. The molecule has 20 heavy (non-hydrogen) atoms. The Morgan fingerprint density at radius 1 is 1.05 bits per heavy atom. The molecule has 0 amide bonds. The molecule has 0 aliphatic carbocycles. The lowest BCUT2D eigenvalue weighted by Gasteiger charge is -2.20. The third-order valence-corrected chi connectivity index (χ3v) is 5.90. The molecule has 114 valence electrons. The van der Waals surface area contributed by atoms with Crippen LogP contribution in [0.2, 0.25) is 0 Å². The number of nitrogen functional groups attached to an aromatic ring is 1. The van der Waals surface area contributed by atoms with Crippen molar-refractivity contribution < 1.29 is 16.8 Å². The third kappa shape index (κ3) is 5.48. The Balaban J connectivity index is 2.81. The summed E-state index contributed by atoms with van der Waals surface area (Å²) >= 11 is 0. The zero-order chi connectivity index (χ0) is 15.4. The van der Waals surface area contributed by atoms with Gasteiger partial charge in [0.25, 0.3) is 0 Å². The Morgan fingerprint density at radius 3 is 2.05 bits per heavy atom. The third-order valence-electron chi connectivity index (χ3n) is 2.80. The molecule has 1 aromatic carbocycles. The summed E-state index contributed by atoms with van der Waals surface area (Å²) in [6.07, 6.45) is 1.03. The van der Waals surface area contributed by atoms with Gasteiger partial charge in [-0.3, -0.25) is 0 Å². The van der Waals surface area contributed by atoms with Crippen LogP contribution in [-0.2, 0) is 26.4 Å². The number of nitrogens with two attached hydrogens (primary N) is 1. The molecule has 0 radical (unpaired) electrons. The lowest BCUT2D eigenvalue weighted by atomic mass is 10.2. The maximum Gasteiger partial charge on any atom is 0.215 e. The Hall–Kier alpha value is -1.12. The van der Waals surface area contributed by atoms with Gasteiger partial charge in [-0.15, -0.1) is 0 Å². The first-order chi connectivity index (χ1) is 9.14. The molecule has 1 aromatic rings. The molecule has 0 bridgehead atoms. The van der Waals surface area contributed by atoms with Gasteiger partial charge in [0.05, 0.1) is 11.5 Å². The van der Waals surface area contributed by atoms with Crippen molar-refractivity contribution in [1.82, 2.24) is 4.31 Å². The summed E-state index contributed by atoms with van der Waals surface area (Å²) in [5.41, 5.74) is 6.99. The molecule has 0 spiro atoms. The normalized spacial score (nSPS) is 12.8. The van der Waals surface area contributed by atoms with Gasteiger partial charge in [0, 0.05) is 25.0 Å². The van der Waals surface area contributed by atoms with Crippen LogP contribution in [-0.4, -0.2) is 45.4 Å². The predicted molar refractivity (Wildman–Crippen MR) is 80.4 cm³/mol. The minimum atomic E-state index is -3.59. The van der Waals surface area contributed by atoms with E-state index in [0.717, 1.165) is 11.8 Å². The lowest BCUT2D eigenvalue weighted by Crippen LogP contribution is -2.34. The van der Waals surface area contributed by atoms with E-state index in [1.54, 1.807) is 31.2 Å². The van der Waals surface area contributed by atoms with Crippen LogP contribution in [0, 0.1) is 0 Å². The minimum absolute atomic E-state index is 0.211. The van der Waals surface area contributed by atoms with Crippen LogP contribution in [0.1, 0.15) is 12.5 Å². The maximum atomic E-state index is 12.1. The van der Waals surface area contributed by atoms with E-state index in [2.05, 4.69) is 0 Å². The molecule has 0 fully saturated rings. The number of nitrogens with zero attached hydrogens (tertiary/aromatic N) is 1. The zero-order valence-corrected chi connectivity index (χ0v) is 13.2. The van der Waals surface area contributed by atoms with E-state index in [-0.39, 0.29) is 18.8 Å². The molecule has 0 aliphatic heterocycles. The number of hydrogen-bond acceptors (Lipinski definition) is 5. The SMILES string of the molecule is CCN(Cc1ccc(N)cc1)S(=O)(=O)CCS(C)(=O)=O. The number of sulfonamides is 1. The van der Waals surface area contributed by atoms with Crippen molar-refractivity contribution in [2.45, 2.75) is 13.5 Å². The van der Waals surface area contributed by atoms with Gasteiger partial charge in [-0.2, -0.15) is 4.31 Å². The highest BCUT2D eigenvalue weighted by Gasteiger charge is 2.22. The fourth-order valence-corrected chi connectivity index (χ4v) is 4.67. The number of hydrogen-bond donors (Lipinski definition) is 1. The van der Waals surface area contributed by atoms with E-state index in [1.807, 2.05) is 0 Å². The number of rotatable bonds is 7. The predicted octanol–water partition coefficient (Wildman–Crippen LogP) is 0.465. The van der Waals surface area contributed by atoms with E-state index < -0.39 is 25.6 Å². The molecule has 0 saturated heterocycles. The number of anilines is 1. The Bertz CT molecular complexity index is 637. The molecular formula is C12H20N2O4S2. The van der Waals surface area contributed by atoms with Crippen molar-refractivity contribution in [2.24, 2.45) is 0 Å². The number of sulfone groups is 1. The van der Waals surface area contributed by atoms with Crippen LogP contribution in [0.5, 0.6) is 0 Å². The van der Waals surface area contributed by atoms with Gasteiger partial charge in [-0.1, -0.05) is 19.1 Å². The first-order valence-electron chi connectivity index (χ1n) is 6.14. The Labute approximate surface area is 120 Å². The molecule has 0 unspecified atom stereocenters. The quantitative estimate of drug-likeness (QED) is 0.736. The standard InChI is InChI=1S/C12H20N2O4S2/c1-3-14(10-11-4-6-12(13)7-5-11)20(17,18)9-8-19(2,15)16/h4-7H,3,8-10,13H2,1-2H3. The van der Waals surface area contributed by atoms with Crippen LogP contribution in [0.4, 0.5) is 5.69 Å². The first kappa shape index (κ1) is 16.9. The summed E-state index contributed by atoms with van der Waals surface area (Å²) in [6, 6.07) is 6.91. The van der Waals surface area contributed by atoms with Crippen LogP contribution in [0.3, 0.4) is 0 Å². The largest absolute Gasteiger partial charge is 0.399 e. The van der Waals surface area contributed by atoms with Gasteiger partial charge in [-0.25, -0.2) is 16.8 Å². The summed E-state index contributed by atoms with van der Waals surface area (Å²) < 4.78 is 47.7. The molecule has 0 saturated carbocycles. The maximum absolute atomic E-state index is 12.1. The fourth-order valence-electron chi connectivity index (χ4n) is 1.62. The van der Waals surface area contributed by atoms with Crippen molar-refractivity contribution in [1.29, 1.82) is 0 Å². The van der Waals surface area contributed by atoms with Crippen LogP contribution >= 0.6 is 0 Å². The molecule has 8 heteroatoms. The van der Waals surface area contributed by atoms with Crippen molar-refractivity contribution in [3.63, 3.8) is 0 Å². The summed E-state index contributed by atoms with van der Waals surface area (Å²) in [5.74, 6) is -0.762. The summed E-state index contributed by atoms with van der Waals surface area (Å²) in [6.45, 7) is 2.22. The van der Waals surface area contributed by atoms with Crippen molar-refractivity contribution in [2.75, 3.05) is 30.0 Å². The van der Waals surface area contributed by atoms with E-state index in [4.69, 9.17) is 5.73 Å². The monoisotopic (exact) mass is 320 g/mol. The highest BCUT2D eigenvalue weighted by molar-refractivity contribution is 7.93. The highest BCUT2D eigenvalue weighted by Crippen LogP contribution is 2.12. The second-order valence-electron chi connectivity index (χ2n) is 4.61. The first-order valence-corrected chi connectivity index (χ1v) is 9.81. The number of benzene rings is 1. The van der Waals surface area contributed by atoms with Crippen molar-refractivity contribution >= 4 is 25.5 Å². The van der Waals surface area contributed by atoms with Gasteiger partial charge in [0.1, 0.15) is 9.84 Å². The minimum Gasteiger partial charge on any atom is -0.399 e. The van der Waals surface area contributed by atoms with Gasteiger partial charge < -0.3 is 5.73 Å². The molecule has 0 aliphatic rings. The van der Waals surface area contributed by atoms with E-state index in [0.29, 0.717) is 5.69 Å². The molecule has 0 aromatic heterocycles. The average Bonchev–Trinajstić information content (AvgIpc) is 2.35. The highest BCUT2D eigenvalue weighted by atomic mass is 32.2. The molecule has 2 N–H and O–H groups in total. The van der Waals surface area contributed by atoms with Gasteiger partial charge in [-0.05, 0) is 17.7 Å². The fraction of sp³-hybridized carbons (Fsp3) is 0.500. The van der Waals surface area contributed by atoms with Crippen molar-refractivity contribution in [3.8, 4) is 0 Å². The summed E-state index contributed by atoms with van der Waals surface area (Å²) in [4.78, 5) is 0. The Kier molecular flexibility index (Phi) is 5.55. The van der Waals surface area contributed by atoms with Gasteiger partial charge in [0.2, 0.25) is 10.0 Å². The molecular weight excluding hydrogens is 300 g/mol. The van der Waals surface area contributed by atoms with Gasteiger partial charge >= 0.3 is 0 Å². The van der Waals surface area contributed by atoms with E-state index in [1.165, 1.54) is 4.31 Å². The molecule has 6 nitrogen and oxygen atoms in total. The topological polar surface area (TPSA) is 97.5 Å². The average molecular weight is 320 g/mol. The summed E-state index contributed by atoms with van der Waals surface area (Å²) in [7, 11) is -6.89. The molecule has 0 atom stereocenters. The van der Waals surface area contributed by atoms with Gasteiger partial charge in [0.15, 0.2) is 0 Å². The molecule has 1 rings (SSSR count). The van der Waals surface area contributed by atoms with Crippen molar-refractivity contribution in [3.05, 3.63) is 29.8 Å². The smallest absolute Gasteiger partial charge is 0.215 e. The Morgan fingerprint density at radius 2 is 1.60 bits per heavy atom.